The van der Waals surface area contributed by atoms with Gasteiger partial charge in [-0.25, -0.2) is 9.67 Å². The van der Waals surface area contributed by atoms with Gasteiger partial charge in [-0.1, -0.05) is 79.4 Å². The van der Waals surface area contributed by atoms with Gasteiger partial charge in [0.2, 0.25) is 0 Å². The maximum absolute atomic E-state index is 13.5. The molecule has 1 aliphatic heterocycles. The minimum absolute atomic E-state index is 0.00480. The zero-order chi connectivity index (χ0) is 34.3. The Morgan fingerprint density at radius 3 is 2.46 bits per heavy atom. The van der Waals surface area contributed by atoms with Crippen molar-refractivity contribution >= 4 is 5.97 Å². The highest BCUT2D eigenvalue weighted by Crippen LogP contribution is 2.75. The Labute approximate surface area is 289 Å². The molecule has 1 aromatic rings. The minimum Gasteiger partial charge on any atom is -0.481 e. The molecule has 0 aromatic carbocycles. The van der Waals surface area contributed by atoms with Crippen molar-refractivity contribution in [3.8, 4) is 0 Å². The van der Waals surface area contributed by atoms with Gasteiger partial charge in [0.05, 0.1) is 37.9 Å². The lowest BCUT2D eigenvalue weighted by Gasteiger charge is -2.71. The fourth-order valence-electron chi connectivity index (χ4n) is 13.4. The van der Waals surface area contributed by atoms with Crippen LogP contribution in [0.15, 0.2) is 24.3 Å². The van der Waals surface area contributed by atoms with Gasteiger partial charge in [-0.05, 0) is 104 Å². The molecule has 5 fully saturated rings. The van der Waals surface area contributed by atoms with E-state index in [4.69, 9.17) is 14.6 Å². The van der Waals surface area contributed by atoms with E-state index >= 15 is 0 Å². The highest BCUT2D eigenvalue weighted by Gasteiger charge is 2.72. The number of carbonyl (C=O) groups is 1. The van der Waals surface area contributed by atoms with Crippen LogP contribution in [-0.4, -0.2) is 64.4 Å². The number of ether oxygens (including phenoxy) is 2. The van der Waals surface area contributed by atoms with Crippen molar-refractivity contribution in [1.29, 1.82) is 0 Å². The van der Waals surface area contributed by atoms with E-state index < -0.39 is 11.9 Å². The van der Waals surface area contributed by atoms with Gasteiger partial charge >= 0.3 is 5.97 Å². The second kappa shape index (κ2) is 11.9. The van der Waals surface area contributed by atoms with Crippen molar-refractivity contribution in [3.05, 3.63) is 24.3 Å². The predicted molar refractivity (Wildman–Crippen MR) is 187 cm³/mol. The molecule has 5 aliphatic carbocycles. The highest BCUT2D eigenvalue weighted by atomic mass is 16.5. The van der Waals surface area contributed by atoms with Gasteiger partial charge in [0.25, 0.3) is 0 Å². The van der Waals surface area contributed by atoms with Crippen molar-refractivity contribution in [2.45, 2.75) is 137 Å². The van der Waals surface area contributed by atoms with E-state index in [9.17, 15) is 9.90 Å². The molecule has 0 spiro atoms. The van der Waals surface area contributed by atoms with Crippen LogP contribution in [0.1, 0.15) is 125 Å². The molecule has 7 rings (SSSR count). The van der Waals surface area contributed by atoms with Crippen molar-refractivity contribution in [2.24, 2.45) is 56.7 Å². The van der Waals surface area contributed by atoms with E-state index in [2.05, 4.69) is 76.6 Å². The molecule has 8 nitrogen and oxygen atoms in total. The Kier molecular flexibility index (Phi) is 8.59. The molecule has 0 radical (unpaired) electrons. The summed E-state index contributed by atoms with van der Waals surface area (Å²) < 4.78 is 16.3. The lowest BCUT2D eigenvalue weighted by atomic mass is 9.34. The zero-order valence-corrected chi connectivity index (χ0v) is 31.2. The minimum atomic E-state index is -0.606. The van der Waals surface area contributed by atoms with E-state index in [0.717, 1.165) is 58.0 Å². The van der Waals surface area contributed by atoms with Crippen LogP contribution in [0.5, 0.6) is 0 Å². The summed E-state index contributed by atoms with van der Waals surface area (Å²) in [5, 5.41) is 19.6. The third kappa shape index (κ3) is 4.73. The Hall–Kier alpha value is -1.77. The molecular formula is C40H64N4O4. The van der Waals surface area contributed by atoms with E-state index in [1.807, 2.05) is 6.33 Å². The van der Waals surface area contributed by atoms with Crippen molar-refractivity contribution in [1.82, 2.24) is 20.1 Å². The molecule has 4 saturated carbocycles. The zero-order valence-electron chi connectivity index (χ0n) is 31.2. The standard InChI is InChI=1S/C40H64N4O4/c1-26(2)27(3)36(5)18-19-37(6)28-12-13-31-35(4)20-30(44-25-42-24-43-44)33(48-22-39(41-8)15-10-9-11-16-39)40(31,23-47-21-35)29(28)14-17-38(37,7)32(36)34(45)46/h14,24-28,30-33,41H,9-13,15-23H2,1-8H3,(H,45,46)/t27-,28+,30-,31-,32-,33+,35-,36-,37-,38+,40+/m1/s1. The van der Waals surface area contributed by atoms with Crippen LogP contribution in [-0.2, 0) is 14.3 Å². The van der Waals surface area contributed by atoms with Crippen LogP contribution < -0.4 is 5.32 Å². The number of hydrogen-bond acceptors (Lipinski definition) is 6. The maximum atomic E-state index is 13.5. The van der Waals surface area contributed by atoms with Gasteiger partial charge in [-0.2, -0.15) is 5.10 Å². The SMILES string of the molecule is CNC1(CO[C@H]2[C@H](n3cncn3)C[C@]3(C)COC[C@@]24C2=CC[C@@]5(C)[C@H](C(=O)O)[C@@](C)([C@H](C)C(C)C)CC[C@]5(C)[C@H]2CC[C@H]34)CCCCC1. The average Bonchev–Trinajstić information content (AvgIpc) is 3.59. The molecule has 2 bridgehead atoms. The summed E-state index contributed by atoms with van der Waals surface area (Å²) in [5.74, 6) is 0.500. The first kappa shape index (κ1) is 34.7. The summed E-state index contributed by atoms with van der Waals surface area (Å²) in [6.07, 6.45) is 18.1. The first-order valence-electron chi connectivity index (χ1n) is 19.4. The molecular weight excluding hydrogens is 600 g/mol. The number of hydrogen-bond donors (Lipinski definition) is 2. The quantitative estimate of drug-likeness (QED) is 0.275. The van der Waals surface area contributed by atoms with Gasteiger partial charge in [-0.15, -0.1) is 0 Å². The normalized spacial score (nSPS) is 45.8. The number of allylic oxidation sites excluding steroid dienone is 1. The van der Waals surface area contributed by atoms with Gasteiger partial charge < -0.3 is 19.9 Å². The summed E-state index contributed by atoms with van der Waals surface area (Å²) >= 11 is 0. The Balaban J connectivity index is 1.36. The number of carboxylic acids is 1. The molecule has 8 heteroatoms. The second-order valence-corrected chi connectivity index (χ2v) is 18.8. The summed E-state index contributed by atoms with van der Waals surface area (Å²) in [6.45, 7) is 18.5. The topological polar surface area (TPSA) is 98.5 Å². The van der Waals surface area contributed by atoms with Gasteiger partial charge in [0.1, 0.15) is 12.7 Å². The number of aliphatic carboxylic acids is 1. The Morgan fingerprint density at radius 2 is 1.81 bits per heavy atom. The van der Waals surface area contributed by atoms with E-state index in [-0.39, 0.29) is 44.8 Å². The summed E-state index contributed by atoms with van der Waals surface area (Å²) in [5.41, 5.74) is 0.481. The second-order valence-electron chi connectivity index (χ2n) is 18.8. The molecule has 0 amide bonds. The summed E-state index contributed by atoms with van der Waals surface area (Å²) in [4.78, 5) is 18.0. The number of nitrogens with one attached hydrogen (secondary N) is 1. The van der Waals surface area contributed by atoms with Crippen LogP contribution in [0, 0.1) is 56.7 Å². The number of fused-ring (bicyclic) bond motifs is 3. The van der Waals surface area contributed by atoms with Gasteiger partial charge in [0, 0.05) is 11.0 Å². The first-order valence-corrected chi connectivity index (χ1v) is 19.4. The average molecular weight is 665 g/mol. The number of carboxylic acid groups (broad SMARTS) is 1. The first-order chi connectivity index (χ1) is 22.7. The molecule has 268 valence electrons. The van der Waals surface area contributed by atoms with Crippen LogP contribution in [0.4, 0.5) is 0 Å². The van der Waals surface area contributed by atoms with E-state index in [0.29, 0.717) is 36.9 Å². The predicted octanol–water partition coefficient (Wildman–Crippen LogP) is 7.72. The van der Waals surface area contributed by atoms with Crippen LogP contribution >= 0.6 is 0 Å². The highest BCUT2D eigenvalue weighted by molar-refractivity contribution is 5.73. The van der Waals surface area contributed by atoms with Crippen LogP contribution in [0.2, 0.25) is 0 Å². The number of aromatic nitrogens is 3. The van der Waals surface area contributed by atoms with Crippen LogP contribution in [0.3, 0.4) is 0 Å². The molecule has 11 atom stereocenters. The molecule has 6 aliphatic rings. The number of rotatable bonds is 8. The molecule has 2 N–H and O–H groups in total. The van der Waals surface area contributed by atoms with Gasteiger partial charge in [0.15, 0.2) is 0 Å². The summed E-state index contributed by atoms with van der Waals surface area (Å²) in [7, 11) is 2.12. The van der Waals surface area contributed by atoms with E-state index in [1.165, 1.54) is 24.8 Å². The molecule has 48 heavy (non-hydrogen) atoms. The molecule has 2 heterocycles. The fourth-order valence-corrected chi connectivity index (χ4v) is 13.4. The third-order valence-electron chi connectivity index (χ3n) is 16.7. The van der Waals surface area contributed by atoms with Crippen molar-refractivity contribution in [3.63, 3.8) is 0 Å². The lowest BCUT2D eigenvalue weighted by Crippen LogP contribution is -2.70. The van der Waals surface area contributed by atoms with Crippen molar-refractivity contribution in [2.75, 3.05) is 26.9 Å². The van der Waals surface area contributed by atoms with Crippen molar-refractivity contribution < 1.29 is 19.4 Å². The fraction of sp³-hybridized carbons (Fsp3) is 0.875. The van der Waals surface area contributed by atoms with Crippen LogP contribution in [0.25, 0.3) is 0 Å². The smallest absolute Gasteiger partial charge is 0.307 e. The monoisotopic (exact) mass is 664 g/mol. The largest absolute Gasteiger partial charge is 0.481 e. The number of likely N-dealkylation sites (N-methyl/N-ethyl adjacent to an activating group) is 1. The van der Waals surface area contributed by atoms with Gasteiger partial charge in [-0.3, -0.25) is 4.79 Å². The maximum Gasteiger partial charge on any atom is 0.307 e. The molecule has 1 aromatic heterocycles. The lowest BCUT2D eigenvalue weighted by molar-refractivity contribution is -0.255. The number of nitrogens with zero attached hydrogens (tertiary/aromatic N) is 3. The molecule has 1 saturated heterocycles. The summed E-state index contributed by atoms with van der Waals surface area (Å²) in [6, 6.07) is 0.0595. The van der Waals surface area contributed by atoms with E-state index in [1.54, 1.807) is 6.33 Å². The third-order valence-corrected chi connectivity index (χ3v) is 16.7. The molecule has 0 unspecified atom stereocenters. The Morgan fingerprint density at radius 1 is 1.06 bits per heavy atom. The Bertz CT molecular complexity index is 1390.